The molecule has 0 saturated carbocycles. The fourth-order valence-electron chi connectivity index (χ4n) is 3.18. The Morgan fingerprint density at radius 3 is 1.96 bits per heavy atom. The highest BCUT2D eigenvalue weighted by Crippen LogP contribution is 2.52. The summed E-state index contributed by atoms with van der Waals surface area (Å²) in [4.78, 5) is 12.0. The number of methoxy groups -OCH3 is 2. The normalized spacial score (nSPS) is 13.9. The summed E-state index contributed by atoms with van der Waals surface area (Å²) in [5.41, 5.74) is 1.98. The molecule has 5 heteroatoms. The number of carbonyl (C=O) groups is 1. The fourth-order valence-corrected chi connectivity index (χ4v) is 3.18. The number of esters is 1. The van der Waals surface area contributed by atoms with E-state index in [9.17, 15) is 4.79 Å². The van der Waals surface area contributed by atoms with E-state index in [2.05, 4.69) is 0 Å². The third-order valence-corrected chi connectivity index (χ3v) is 4.47. The predicted octanol–water partition coefficient (Wildman–Crippen LogP) is 4.15. The second kappa shape index (κ2) is 6.68. The topological polar surface area (TPSA) is 54.0 Å². The number of fused-ring (bicyclic) bond motifs is 1. The third-order valence-electron chi connectivity index (χ3n) is 4.47. The molecule has 0 N–H and O–H groups in total. The quantitative estimate of drug-likeness (QED) is 0.653. The summed E-state index contributed by atoms with van der Waals surface area (Å²) in [5.74, 6) is -0.383. The molecule has 0 fully saturated rings. The molecule has 1 aliphatic rings. The first kappa shape index (κ1) is 17.0. The van der Waals surface area contributed by atoms with Gasteiger partial charge in [-0.2, -0.15) is 0 Å². The van der Waals surface area contributed by atoms with Gasteiger partial charge in [-0.15, -0.1) is 0 Å². The van der Waals surface area contributed by atoms with Crippen LogP contribution in [0.15, 0.2) is 72.8 Å². The van der Waals surface area contributed by atoms with Crippen LogP contribution in [-0.4, -0.2) is 20.2 Å². The molecule has 0 unspecified atom stereocenters. The van der Waals surface area contributed by atoms with Crippen LogP contribution in [0.1, 0.15) is 21.5 Å². The van der Waals surface area contributed by atoms with Gasteiger partial charge in [0.05, 0.1) is 19.8 Å². The maximum Gasteiger partial charge on any atom is 0.338 e. The first-order chi connectivity index (χ1) is 13.2. The van der Waals surface area contributed by atoms with Crippen molar-refractivity contribution in [3.63, 3.8) is 0 Å². The average molecular weight is 362 g/mol. The van der Waals surface area contributed by atoms with Gasteiger partial charge in [0, 0.05) is 11.1 Å². The van der Waals surface area contributed by atoms with E-state index in [1.165, 1.54) is 14.2 Å². The van der Waals surface area contributed by atoms with E-state index in [0.717, 1.165) is 11.1 Å². The van der Waals surface area contributed by atoms with Gasteiger partial charge in [-0.25, -0.2) is 4.79 Å². The second-order valence-electron chi connectivity index (χ2n) is 6.05. The Bertz CT molecular complexity index is 927. The molecule has 0 bridgehead atoms. The molecule has 0 spiro atoms. The van der Waals surface area contributed by atoms with E-state index in [1.54, 1.807) is 12.1 Å². The van der Waals surface area contributed by atoms with Gasteiger partial charge < -0.3 is 18.9 Å². The van der Waals surface area contributed by atoms with Crippen molar-refractivity contribution >= 4 is 5.97 Å². The van der Waals surface area contributed by atoms with Gasteiger partial charge in [-0.3, -0.25) is 0 Å². The van der Waals surface area contributed by atoms with E-state index in [1.807, 2.05) is 60.7 Å². The lowest BCUT2D eigenvalue weighted by Gasteiger charge is -2.28. The average Bonchev–Trinajstić information content (AvgIpc) is 3.14. The Morgan fingerprint density at radius 2 is 1.44 bits per heavy atom. The minimum Gasteiger partial charge on any atom is -0.493 e. The van der Waals surface area contributed by atoms with Gasteiger partial charge in [-0.1, -0.05) is 60.7 Å². The summed E-state index contributed by atoms with van der Waals surface area (Å²) in [6.45, 7) is 0. The Labute approximate surface area is 157 Å². The standard InChI is InChI=1S/C22H18O5/c1-24-18-13-15(21(23)25-2)14-19-20(18)27-22(26-19,16-9-5-3-6-10-16)17-11-7-4-8-12-17/h3-14H,1-2H3. The molecule has 0 atom stereocenters. The molecule has 136 valence electrons. The van der Waals surface area contributed by atoms with Crippen LogP contribution in [0.25, 0.3) is 0 Å². The lowest BCUT2D eigenvalue weighted by atomic mass is 9.97. The molecule has 0 aliphatic carbocycles. The zero-order valence-electron chi connectivity index (χ0n) is 15.0. The number of benzene rings is 3. The SMILES string of the molecule is COC(=O)c1cc(OC)c2c(c1)OC(c1ccccc1)(c1ccccc1)O2. The van der Waals surface area contributed by atoms with Gasteiger partial charge in [0.2, 0.25) is 5.75 Å². The first-order valence-electron chi connectivity index (χ1n) is 8.47. The van der Waals surface area contributed by atoms with Gasteiger partial charge in [0.15, 0.2) is 11.5 Å². The molecule has 0 saturated heterocycles. The van der Waals surface area contributed by atoms with E-state index >= 15 is 0 Å². The lowest BCUT2D eigenvalue weighted by molar-refractivity contribution is -0.0467. The highest BCUT2D eigenvalue weighted by molar-refractivity contribution is 5.91. The highest BCUT2D eigenvalue weighted by Gasteiger charge is 2.47. The van der Waals surface area contributed by atoms with Gasteiger partial charge in [0.1, 0.15) is 0 Å². The number of carbonyl (C=O) groups excluding carboxylic acids is 1. The van der Waals surface area contributed by atoms with Crippen LogP contribution in [0.3, 0.4) is 0 Å². The fraction of sp³-hybridized carbons (Fsp3) is 0.136. The molecule has 0 radical (unpaired) electrons. The van der Waals surface area contributed by atoms with E-state index < -0.39 is 11.8 Å². The molecule has 4 rings (SSSR count). The molecular formula is C22H18O5. The second-order valence-corrected chi connectivity index (χ2v) is 6.05. The zero-order valence-corrected chi connectivity index (χ0v) is 15.0. The third kappa shape index (κ3) is 2.77. The minimum absolute atomic E-state index is 0.327. The molecule has 0 amide bonds. The molecule has 3 aromatic carbocycles. The van der Waals surface area contributed by atoms with Crippen LogP contribution in [0, 0.1) is 0 Å². The molecular weight excluding hydrogens is 344 g/mol. The molecule has 1 heterocycles. The Hall–Kier alpha value is -3.47. The summed E-state index contributed by atoms with van der Waals surface area (Å²) in [5, 5.41) is 0. The van der Waals surface area contributed by atoms with Crippen molar-refractivity contribution in [1.82, 2.24) is 0 Å². The van der Waals surface area contributed by atoms with E-state index in [4.69, 9.17) is 18.9 Å². The maximum absolute atomic E-state index is 12.0. The van der Waals surface area contributed by atoms with Crippen molar-refractivity contribution in [1.29, 1.82) is 0 Å². The maximum atomic E-state index is 12.0. The van der Waals surface area contributed by atoms with Crippen molar-refractivity contribution in [3.8, 4) is 17.2 Å². The van der Waals surface area contributed by atoms with E-state index in [0.29, 0.717) is 22.8 Å². The van der Waals surface area contributed by atoms with Gasteiger partial charge >= 0.3 is 11.8 Å². The molecule has 0 aromatic heterocycles. The van der Waals surface area contributed by atoms with Crippen molar-refractivity contribution in [3.05, 3.63) is 89.5 Å². The largest absolute Gasteiger partial charge is 0.493 e. The van der Waals surface area contributed by atoms with Crippen LogP contribution in [-0.2, 0) is 10.5 Å². The molecule has 3 aromatic rings. The van der Waals surface area contributed by atoms with Crippen LogP contribution in [0.5, 0.6) is 17.2 Å². The van der Waals surface area contributed by atoms with Crippen LogP contribution in [0.2, 0.25) is 0 Å². The minimum atomic E-state index is -1.17. The summed E-state index contributed by atoms with van der Waals surface area (Å²) in [7, 11) is 2.85. The van der Waals surface area contributed by atoms with Crippen LogP contribution in [0.4, 0.5) is 0 Å². The number of hydrogen-bond donors (Lipinski definition) is 0. The molecule has 5 nitrogen and oxygen atoms in total. The van der Waals surface area contributed by atoms with Crippen molar-refractivity contribution < 1.29 is 23.7 Å². The van der Waals surface area contributed by atoms with Crippen molar-refractivity contribution in [2.75, 3.05) is 14.2 Å². The number of ether oxygens (including phenoxy) is 4. The molecule has 27 heavy (non-hydrogen) atoms. The lowest BCUT2D eigenvalue weighted by Crippen LogP contribution is -2.36. The van der Waals surface area contributed by atoms with Crippen molar-refractivity contribution in [2.24, 2.45) is 0 Å². The highest BCUT2D eigenvalue weighted by atomic mass is 16.7. The summed E-state index contributed by atoms with van der Waals surface area (Å²) >= 11 is 0. The Balaban J connectivity index is 1.89. The Morgan fingerprint density at radius 1 is 0.852 bits per heavy atom. The van der Waals surface area contributed by atoms with Crippen LogP contribution < -0.4 is 14.2 Å². The predicted molar refractivity (Wildman–Crippen MR) is 99.3 cm³/mol. The smallest absolute Gasteiger partial charge is 0.338 e. The summed E-state index contributed by atoms with van der Waals surface area (Å²) in [6.07, 6.45) is 0. The summed E-state index contributed by atoms with van der Waals surface area (Å²) < 4.78 is 23.0. The van der Waals surface area contributed by atoms with Crippen molar-refractivity contribution in [2.45, 2.75) is 5.79 Å². The van der Waals surface area contributed by atoms with Gasteiger partial charge in [-0.05, 0) is 12.1 Å². The monoisotopic (exact) mass is 362 g/mol. The molecule has 1 aliphatic heterocycles. The zero-order chi connectivity index (χ0) is 18.9. The van der Waals surface area contributed by atoms with Crippen LogP contribution >= 0.6 is 0 Å². The number of rotatable bonds is 4. The Kier molecular flexibility index (Phi) is 4.20. The van der Waals surface area contributed by atoms with E-state index in [-0.39, 0.29) is 0 Å². The number of hydrogen-bond acceptors (Lipinski definition) is 5. The summed E-state index contributed by atoms with van der Waals surface area (Å²) in [6, 6.07) is 22.5. The first-order valence-corrected chi connectivity index (χ1v) is 8.47. The van der Waals surface area contributed by atoms with Gasteiger partial charge in [0.25, 0.3) is 0 Å².